The van der Waals surface area contributed by atoms with Gasteiger partial charge >= 0.3 is 6.03 Å². The van der Waals surface area contributed by atoms with Gasteiger partial charge in [0.1, 0.15) is 36.0 Å². The quantitative estimate of drug-likeness (QED) is 0.0361. The van der Waals surface area contributed by atoms with E-state index in [1.807, 2.05) is 244 Å². The van der Waals surface area contributed by atoms with E-state index in [1.165, 1.54) is 18.4 Å². The molecule has 11 aromatic carbocycles. The monoisotopic (exact) mass is 1660 g/mol. The van der Waals surface area contributed by atoms with E-state index >= 15 is 0 Å². The zero-order chi connectivity index (χ0) is 86.1. The van der Waals surface area contributed by atoms with Gasteiger partial charge in [-0.25, -0.2) is 4.79 Å². The van der Waals surface area contributed by atoms with E-state index in [2.05, 4.69) is 94.1 Å². The third kappa shape index (κ3) is 22.8. The molecule has 4 N–H and O–H groups in total. The summed E-state index contributed by atoms with van der Waals surface area (Å²) < 4.78 is 5.24. The second-order valence-electron chi connectivity index (χ2n) is 33.6. The predicted molar refractivity (Wildman–Crippen MR) is 498 cm³/mol. The molecular weight excluding hydrogens is 1540 g/mol. The van der Waals surface area contributed by atoms with Crippen LogP contribution in [0.2, 0.25) is 0 Å². The molecule has 3 heterocycles. The summed E-state index contributed by atoms with van der Waals surface area (Å²) in [4.78, 5) is 119. The van der Waals surface area contributed by atoms with Crippen LogP contribution in [0.25, 0.3) is 22.3 Å². The maximum atomic E-state index is 14.5. The van der Waals surface area contributed by atoms with Gasteiger partial charge in [-0.3, -0.25) is 38.5 Å². The van der Waals surface area contributed by atoms with Gasteiger partial charge in [-0.05, 0) is 168 Å². The molecule has 5 aliphatic rings. The number of anilines is 1. The van der Waals surface area contributed by atoms with Crippen molar-refractivity contribution in [1.82, 2.24) is 35.6 Å². The molecule has 3 saturated heterocycles. The van der Waals surface area contributed by atoms with Gasteiger partial charge in [0.25, 0.3) is 5.91 Å². The van der Waals surface area contributed by atoms with E-state index in [0.717, 1.165) is 142 Å². The number of hydrogen-bond donors (Lipinski definition) is 4. The second-order valence-corrected chi connectivity index (χ2v) is 33.6. The molecule has 17 nitrogen and oxygen atoms in total. The van der Waals surface area contributed by atoms with Gasteiger partial charge in [0.2, 0.25) is 35.4 Å². The predicted octanol–water partition coefficient (Wildman–Crippen LogP) is 19.4. The van der Waals surface area contributed by atoms with Gasteiger partial charge in [-0.2, -0.15) is 0 Å². The Balaban J connectivity index is 0.000000202. The summed E-state index contributed by atoms with van der Waals surface area (Å²) in [6.07, 6.45) is 14.6. The average molecular weight is 1660 g/mol. The number of benzene rings is 11. The van der Waals surface area contributed by atoms with Crippen molar-refractivity contribution >= 4 is 53.1 Å². The van der Waals surface area contributed by atoms with Gasteiger partial charge in [-0.15, -0.1) is 0 Å². The van der Waals surface area contributed by atoms with Crippen LogP contribution in [-0.4, -0.2) is 122 Å². The van der Waals surface area contributed by atoms with Gasteiger partial charge < -0.3 is 40.7 Å². The zero-order valence-corrected chi connectivity index (χ0v) is 71.4. The summed E-state index contributed by atoms with van der Waals surface area (Å²) in [5.41, 5.74) is 15.0. The van der Waals surface area contributed by atoms with Crippen LogP contribution in [-0.2, 0) is 85.2 Å². The van der Waals surface area contributed by atoms with Crippen molar-refractivity contribution in [1.29, 1.82) is 0 Å². The fourth-order valence-corrected chi connectivity index (χ4v) is 18.4. The van der Waals surface area contributed by atoms with Crippen LogP contribution in [0.4, 0.5) is 10.5 Å². The van der Waals surface area contributed by atoms with Crippen LogP contribution in [0.15, 0.2) is 303 Å². The van der Waals surface area contributed by atoms with Crippen LogP contribution in [0, 0.1) is 19.8 Å². The smallest absolute Gasteiger partial charge is 0.328 e. The third-order valence-corrected chi connectivity index (χ3v) is 25.0. The second kappa shape index (κ2) is 43.2. The molecule has 2 saturated carbocycles. The molecule has 0 aromatic heterocycles. The molecule has 644 valence electrons. The highest BCUT2D eigenvalue weighted by Gasteiger charge is 2.51. The normalized spacial score (nSPS) is 19.1. The zero-order valence-electron chi connectivity index (χ0n) is 71.4. The third-order valence-electron chi connectivity index (χ3n) is 25.0. The highest BCUT2D eigenvalue weighted by molar-refractivity contribution is 6.05. The van der Waals surface area contributed by atoms with Crippen LogP contribution < -0.4 is 26.0 Å². The topological polar surface area (TPSA) is 207 Å². The molecule has 5 fully saturated rings. The molecule has 11 aromatic rings. The van der Waals surface area contributed by atoms with Crippen LogP contribution in [0.1, 0.15) is 145 Å². The van der Waals surface area contributed by atoms with Crippen molar-refractivity contribution in [3.05, 3.63) is 359 Å². The van der Waals surface area contributed by atoms with Gasteiger partial charge in [0, 0.05) is 56.2 Å². The number of imide groups is 1. The fraction of sp³-hybridized carbons (Fsp3) is 0.308. The summed E-state index contributed by atoms with van der Waals surface area (Å²) in [6.45, 7) is 4.70. The molecule has 0 spiro atoms. The molecular formula is C107H122N8O9. The maximum absolute atomic E-state index is 14.5. The molecule has 16 rings (SSSR count). The van der Waals surface area contributed by atoms with E-state index in [4.69, 9.17) is 4.74 Å². The summed E-state index contributed by atoms with van der Waals surface area (Å²) in [5.74, 6) is -0.307. The number of carbonyl (C=O) groups is 8. The Kier molecular flexibility index (Phi) is 30.4. The molecule has 9 amide bonds. The van der Waals surface area contributed by atoms with Crippen molar-refractivity contribution in [2.75, 3.05) is 12.4 Å². The minimum atomic E-state index is -0.938. The first kappa shape index (κ1) is 87.3. The van der Waals surface area contributed by atoms with Crippen molar-refractivity contribution in [3.63, 3.8) is 0 Å². The van der Waals surface area contributed by atoms with Crippen LogP contribution >= 0.6 is 0 Å². The Hall–Kier alpha value is -13.0. The van der Waals surface area contributed by atoms with Crippen LogP contribution in [0.3, 0.4) is 0 Å². The number of urea groups is 1. The van der Waals surface area contributed by atoms with Crippen molar-refractivity contribution in [3.8, 4) is 28.0 Å². The number of aryl methyl sites for hydroxylation is 4. The van der Waals surface area contributed by atoms with Gasteiger partial charge in [0.15, 0.2) is 0 Å². The van der Waals surface area contributed by atoms with Gasteiger partial charge in [-0.1, -0.05) is 330 Å². The SMILES string of the molecule is COc1ccc(CN2C(=O)N(C3CCCCC3)C(=O)C2CCc2ccccc2)cc1.Cc1cccc(C)c1NC(=O)C1C(Cc2ccc(-c3ccccc3)cc2)NC(=O)C(Cc2ccccc2)N1C(=O)CCc1ccccc1.O=C1NC(Cc2ccc(-c3ccccc3)cc2)C(C(=O)NCc2ccccc2)N(C(=O)CC2CCCCC2)C1Cc1ccccc1.[HH].[HH].[HH].[HH]. The Bertz CT molecular complexity index is 5340. The largest absolute Gasteiger partial charge is 0.497 e. The lowest BCUT2D eigenvalue weighted by atomic mass is 9.85. The van der Waals surface area contributed by atoms with E-state index in [-0.39, 0.29) is 71.5 Å². The molecule has 17 heteroatoms. The molecule has 7 unspecified atom stereocenters. The lowest BCUT2D eigenvalue weighted by Gasteiger charge is -2.46. The summed E-state index contributed by atoms with van der Waals surface area (Å²) >= 11 is 0. The first-order chi connectivity index (χ1) is 60.6. The number of nitrogens with zero attached hydrogens (tertiary/aromatic N) is 4. The maximum Gasteiger partial charge on any atom is 0.328 e. The number of carbonyl (C=O) groups excluding carboxylic acids is 8. The Morgan fingerprint density at radius 1 is 0.403 bits per heavy atom. The molecule has 2 aliphatic carbocycles. The minimum absolute atomic E-state index is 0. The Morgan fingerprint density at radius 3 is 1.28 bits per heavy atom. The number of ether oxygens (including phenoxy) is 1. The minimum Gasteiger partial charge on any atom is -0.497 e. The number of nitrogens with one attached hydrogen (secondary N) is 4. The van der Waals surface area contributed by atoms with Crippen LogP contribution in [0.5, 0.6) is 5.75 Å². The van der Waals surface area contributed by atoms with Crippen molar-refractivity contribution in [2.45, 2.75) is 197 Å². The van der Waals surface area contributed by atoms with E-state index in [0.29, 0.717) is 58.0 Å². The first-order valence-electron chi connectivity index (χ1n) is 44.2. The average Bonchev–Trinajstić information content (AvgIpc) is 1.37. The van der Waals surface area contributed by atoms with E-state index < -0.39 is 42.3 Å². The van der Waals surface area contributed by atoms with Gasteiger partial charge in [0.05, 0.1) is 19.2 Å². The van der Waals surface area contributed by atoms with Crippen molar-refractivity contribution < 1.29 is 48.8 Å². The fourth-order valence-electron chi connectivity index (χ4n) is 18.4. The number of hydrogen-bond acceptors (Lipinski definition) is 9. The molecule has 7 atom stereocenters. The lowest BCUT2D eigenvalue weighted by Crippen LogP contribution is -2.71. The van der Waals surface area contributed by atoms with Crippen molar-refractivity contribution in [2.24, 2.45) is 5.92 Å². The molecule has 3 aliphatic heterocycles. The first-order valence-corrected chi connectivity index (χ1v) is 44.2. The number of rotatable bonds is 27. The number of amides is 9. The number of piperazine rings is 2. The highest BCUT2D eigenvalue weighted by Crippen LogP contribution is 2.36. The molecule has 0 bridgehead atoms. The summed E-state index contributed by atoms with van der Waals surface area (Å²) in [7, 11) is 1.64. The van der Waals surface area contributed by atoms with E-state index in [9.17, 15) is 38.4 Å². The van der Waals surface area contributed by atoms with E-state index in [1.54, 1.807) is 26.7 Å². The number of methoxy groups -OCH3 is 1. The molecule has 0 radical (unpaired) electrons. The standard InChI is InChI=1S/C42H41N3O3.C40H43N3O3.C25H30N2O3.4H2/c1-29-13-12-14-30(2)39(29)44-42(48)40-36(27-33-21-24-35(25-22-33)34-19-10-5-11-20-34)43-41(47)37(28-32-17-8-4-9-18-32)45(40)38(46)26-23-31-15-6-3-7-16-31;44-37(27-30-15-7-2-8-16-30)43-36(26-29-13-5-1-6-14-29)39(45)42-35(38(43)40(46)41-28-32-17-9-3-10-18-32)25-31-21-23-34(24-22-31)33-19-11-4-12-20-33;1-30-22-15-12-20(13-16-22)18-26-23(17-14-19-8-4-2-5-9-19)24(28)27(25(26)29)21-10-6-3-7-11-21;;;;/h3-22,24-25,36-37,40H,23,26-28H2,1-2H3,(H,43,47)(H,44,48);1,3-6,9-14,17-24,30,35-36,38H,2,7-8,15-16,25-28H2,(H,41,46)(H,42,45);2,4-5,8-9,12-13,15-16,21,23H,3,6-7,10-11,14,17-18H2,1H3;4*1H. The highest BCUT2D eigenvalue weighted by atomic mass is 16.5. The summed E-state index contributed by atoms with van der Waals surface area (Å²) in [6, 6.07) is 94.5. The lowest BCUT2D eigenvalue weighted by molar-refractivity contribution is -0.155. The molecule has 124 heavy (non-hydrogen) atoms. The Labute approximate surface area is 736 Å². The number of para-hydroxylation sites is 1. The summed E-state index contributed by atoms with van der Waals surface area (Å²) in [5, 5.41) is 12.7. The Morgan fingerprint density at radius 2 is 0.806 bits per heavy atom.